The Morgan fingerprint density at radius 1 is 1.25 bits per heavy atom. The molecule has 2 aromatic rings. The number of aromatic nitrogens is 2. The topological polar surface area (TPSA) is 27.1 Å². The van der Waals surface area contributed by atoms with Gasteiger partial charge < -0.3 is 4.74 Å². The summed E-state index contributed by atoms with van der Waals surface area (Å²) in [7, 11) is 1.96. The van der Waals surface area contributed by atoms with Crippen LogP contribution in [0.15, 0.2) is 36.4 Å². The van der Waals surface area contributed by atoms with Gasteiger partial charge in [0.1, 0.15) is 0 Å². The Labute approximate surface area is 95.7 Å². The van der Waals surface area contributed by atoms with Gasteiger partial charge in [0.05, 0.1) is 18.0 Å². The lowest BCUT2D eigenvalue weighted by Crippen LogP contribution is -1.96. The SMILES string of the molecule is CCOCc1cc(-c2ccccc2)n(C)n1. The summed E-state index contributed by atoms with van der Waals surface area (Å²) in [5.74, 6) is 0. The van der Waals surface area contributed by atoms with Gasteiger partial charge in [0, 0.05) is 13.7 Å². The van der Waals surface area contributed by atoms with Crippen molar-refractivity contribution in [3.63, 3.8) is 0 Å². The Balaban J connectivity index is 2.25. The van der Waals surface area contributed by atoms with Gasteiger partial charge >= 0.3 is 0 Å². The summed E-state index contributed by atoms with van der Waals surface area (Å²) in [6, 6.07) is 12.3. The average molecular weight is 216 g/mol. The first-order valence-corrected chi connectivity index (χ1v) is 5.47. The highest BCUT2D eigenvalue weighted by Gasteiger charge is 2.06. The number of benzene rings is 1. The van der Waals surface area contributed by atoms with E-state index in [9.17, 15) is 0 Å². The predicted octanol–water partition coefficient (Wildman–Crippen LogP) is 2.62. The maximum atomic E-state index is 5.35. The Kier molecular flexibility index (Phi) is 3.37. The molecule has 2 rings (SSSR count). The third-order valence-electron chi connectivity index (χ3n) is 2.45. The van der Waals surface area contributed by atoms with Gasteiger partial charge in [0.2, 0.25) is 0 Å². The second-order valence-corrected chi connectivity index (χ2v) is 3.65. The first-order valence-electron chi connectivity index (χ1n) is 5.47. The lowest BCUT2D eigenvalue weighted by molar-refractivity contribution is 0.131. The van der Waals surface area contributed by atoms with Gasteiger partial charge in [0.25, 0.3) is 0 Å². The molecule has 1 aromatic heterocycles. The molecule has 84 valence electrons. The van der Waals surface area contributed by atoms with Gasteiger partial charge in [-0.1, -0.05) is 30.3 Å². The van der Waals surface area contributed by atoms with E-state index in [1.807, 2.05) is 36.9 Å². The van der Waals surface area contributed by atoms with Crippen molar-refractivity contribution in [2.24, 2.45) is 7.05 Å². The Morgan fingerprint density at radius 2 is 2.00 bits per heavy atom. The smallest absolute Gasteiger partial charge is 0.0906 e. The molecular weight excluding hydrogens is 200 g/mol. The van der Waals surface area contributed by atoms with Crippen molar-refractivity contribution >= 4 is 0 Å². The van der Waals surface area contributed by atoms with Crippen LogP contribution in [0.4, 0.5) is 0 Å². The first-order chi connectivity index (χ1) is 7.81. The largest absolute Gasteiger partial charge is 0.375 e. The molecule has 0 radical (unpaired) electrons. The third kappa shape index (κ3) is 2.31. The molecule has 0 N–H and O–H groups in total. The number of ether oxygens (including phenoxy) is 1. The van der Waals surface area contributed by atoms with Crippen LogP contribution >= 0.6 is 0 Å². The first kappa shape index (κ1) is 10.9. The van der Waals surface area contributed by atoms with E-state index in [0.29, 0.717) is 6.61 Å². The van der Waals surface area contributed by atoms with Gasteiger partial charge in [-0.05, 0) is 18.6 Å². The van der Waals surface area contributed by atoms with Crippen molar-refractivity contribution in [3.8, 4) is 11.3 Å². The van der Waals surface area contributed by atoms with E-state index in [1.54, 1.807) is 0 Å². The minimum Gasteiger partial charge on any atom is -0.375 e. The van der Waals surface area contributed by atoms with Gasteiger partial charge in [-0.25, -0.2) is 0 Å². The van der Waals surface area contributed by atoms with Crippen LogP contribution in [0.2, 0.25) is 0 Å². The van der Waals surface area contributed by atoms with Crippen molar-refractivity contribution in [2.45, 2.75) is 13.5 Å². The van der Waals surface area contributed by atoms with Gasteiger partial charge in [0.15, 0.2) is 0 Å². The molecule has 3 nitrogen and oxygen atoms in total. The Hall–Kier alpha value is -1.61. The molecule has 0 atom stereocenters. The molecule has 3 heteroatoms. The summed E-state index contributed by atoms with van der Waals surface area (Å²) in [5.41, 5.74) is 3.28. The van der Waals surface area contributed by atoms with Crippen molar-refractivity contribution in [3.05, 3.63) is 42.1 Å². The normalized spacial score (nSPS) is 10.6. The highest BCUT2D eigenvalue weighted by molar-refractivity contribution is 5.59. The second-order valence-electron chi connectivity index (χ2n) is 3.65. The minimum atomic E-state index is 0.581. The van der Waals surface area contributed by atoms with E-state index < -0.39 is 0 Å². The standard InChI is InChI=1S/C13H16N2O/c1-3-16-10-12-9-13(15(2)14-12)11-7-5-4-6-8-11/h4-9H,3,10H2,1-2H3. The fourth-order valence-electron chi connectivity index (χ4n) is 1.68. The lowest BCUT2D eigenvalue weighted by Gasteiger charge is -1.99. The quantitative estimate of drug-likeness (QED) is 0.785. The van der Waals surface area contributed by atoms with Crippen LogP contribution < -0.4 is 0 Å². The molecule has 16 heavy (non-hydrogen) atoms. The molecule has 0 bridgehead atoms. The highest BCUT2D eigenvalue weighted by Crippen LogP contribution is 2.19. The van der Waals surface area contributed by atoms with Gasteiger partial charge in [-0.3, -0.25) is 4.68 Å². The Morgan fingerprint density at radius 3 is 2.69 bits per heavy atom. The molecule has 0 aliphatic rings. The molecule has 1 heterocycles. The molecule has 0 unspecified atom stereocenters. The van der Waals surface area contributed by atoms with Crippen molar-refractivity contribution in [2.75, 3.05) is 6.61 Å². The van der Waals surface area contributed by atoms with Crippen LogP contribution in [-0.4, -0.2) is 16.4 Å². The van der Waals surface area contributed by atoms with Crippen LogP contribution in [0.3, 0.4) is 0 Å². The predicted molar refractivity (Wildman–Crippen MR) is 64.0 cm³/mol. The summed E-state index contributed by atoms with van der Waals surface area (Å²) >= 11 is 0. The molecule has 0 saturated carbocycles. The monoisotopic (exact) mass is 216 g/mol. The zero-order valence-electron chi connectivity index (χ0n) is 9.68. The fraction of sp³-hybridized carbons (Fsp3) is 0.308. The molecule has 0 aliphatic carbocycles. The zero-order valence-corrected chi connectivity index (χ0v) is 9.68. The summed E-state index contributed by atoms with van der Waals surface area (Å²) in [6.45, 7) is 3.29. The second kappa shape index (κ2) is 4.94. The fourth-order valence-corrected chi connectivity index (χ4v) is 1.68. The molecule has 0 fully saturated rings. The highest BCUT2D eigenvalue weighted by atomic mass is 16.5. The van der Waals surface area contributed by atoms with Crippen LogP contribution in [0.1, 0.15) is 12.6 Å². The number of aryl methyl sites for hydroxylation is 1. The van der Waals surface area contributed by atoms with E-state index >= 15 is 0 Å². The number of nitrogens with zero attached hydrogens (tertiary/aromatic N) is 2. The number of hydrogen-bond acceptors (Lipinski definition) is 2. The molecular formula is C13H16N2O. The molecule has 0 spiro atoms. The summed E-state index contributed by atoms with van der Waals surface area (Å²) in [6.07, 6.45) is 0. The van der Waals surface area contributed by atoms with Crippen molar-refractivity contribution in [1.82, 2.24) is 9.78 Å². The maximum absolute atomic E-state index is 5.35. The van der Waals surface area contributed by atoms with E-state index in [4.69, 9.17) is 4.74 Å². The lowest BCUT2D eigenvalue weighted by atomic mass is 10.1. The van der Waals surface area contributed by atoms with E-state index in [0.717, 1.165) is 18.0 Å². The van der Waals surface area contributed by atoms with Crippen molar-refractivity contribution < 1.29 is 4.74 Å². The van der Waals surface area contributed by atoms with Crippen LogP contribution in [0.5, 0.6) is 0 Å². The summed E-state index contributed by atoms with van der Waals surface area (Å²) in [5, 5.41) is 4.42. The van der Waals surface area contributed by atoms with Crippen molar-refractivity contribution in [1.29, 1.82) is 0 Å². The van der Waals surface area contributed by atoms with Gasteiger partial charge in [-0.15, -0.1) is 0 Å². The number of rotatable bonds is 4. The third-order valence-corrected chi connectivity index (χ3v) is 2.45. The Bertz CT molecular complexity index is 448. The molecule has 0 saturated heterocycles. The molecule has 0 aliphatic heterocycles. The van der Waals surface area contributed by atoms with E-state index in [-0.39, 0.29) is 0 Å². The summed E-state index contributed by atoms with van der Waals surface area (Å²) < 4.78 is 7.24. The van der Waals surface area contributed by atoms with E-state index in [2.05, 4.69) is 23.3 Å². The van der Waals surface area contributed by atoms with Gasteiger partial charge in [-0.2, -0.15) is 5.10 Å². The van der Waals surface area contributed by atoms with Crippen LogP contribution in [0.25, 0.3) is 11.3 Å². The minimum absolute atomic E-state index is 0.581. The van der Waals surface area contributed by atoms with E-state index in [1.165, 1.54) is 5.56 Å². The van der Waals surface area contributed by atoms with Crippen LogP contribution in [0, 0.1) is 0 Å². The van der Waals surface area contributed by atoms with Crippen LogP contribution in [-0.2, 0) is 18.4 Å². The maximum Gasteiger partial charge on any atom is 0.0906 e. The average Bonchev–Trinajstić information content (AvgIpc) is 2.69. The zero-order chi connectivity index (χ0) is 11.4. The summed E-state index contributed by atoms with van der Waals surface area (Å²) in [4.78, 5) is 0. The molecule has 0 amide bonds. The number of hydrogen-bond donors (Lipinski definition) is 0. The molecule has 1 aromatic carbocycles.